The Morgan fingerprint density at radius 1 is 1.10 bits per heavy atom. The SMILES string of the molecule is Cc1ccc(Oc2c(F)cc(/C(N)=N/O)cc2F)cc1C. The number of amidine groups is 1. The summed E-state index contributed by atoms with van der Waals surface area (Å²) in [5, 5.41) is 11.2. The Bertz CT molecular complexity index is 692. The zero-order valence-electron chi connectivity index (χ0n) is 11.5. The van der Waals surface area contributed by atoms with E-state index in [0.29, 0.717) is 5.75 Å². The van der Waals surface area contributed by atoms with E-state index in [1.54, 1.807) is 18.2 Å². The molecule has 0 radical (unpaired) electrons. The van der Waals surface area contributed by atoms with Crippen molar-refractivity contribution in [1.82, 2.24) is 0 Å². The molecule has 6 heteroatoms. The van der Waals surface area contributed by atoms with Crippen molar-refractivity contribution in [2.45, 2.75) is 13.8 Å². The zero-order chi connectivity index (χ0) is 15.6. The second-order valence-corrected chi connectivity index (χ2v) is 4.60. The maximum atomic E-state index is 13.9. The second kappa shape index (κ2) is 5.78. The summed E-state index contributed by atoms with van der Waals surface area (Å²) in [5.41, 5.74) is 7.22. The van der Waals surface area contributed by atoms with Gasteiger partial charge in [0.05, 0.1) is 0 Å². The molecule has 0 bridgehead atoms. The number of hydrogen-bond acceptors (Lipinski definition) is 3. The average Bonchev–Trinajstić information content (AvgIpc) is 2.45. The van der Waals surface area contributed by atoms with Crippen molar-refractivity contribution in [1.29, 1.82) is 0 Å². The summed E-state index contributed by atoms with van der Waals surface area (Å²) < 4.78 is 33.1. The molecule has 110 valence electrons. The van der Waals surface area contributed by atoms with Crippen molar-refractivity contribution in [3.05, 3.63) is 58.7 Å². The number of ether oxygens (including phenoxy) is 1. The Morgan fingerprint density at radius 2 is 1.71 bits per heavy atom. The lowest BCUT2D eigenvalue weighted by molar-refractivity contribution is 0.318. The van der Waals surface area contributed by atoms with E-state index in [1.165, 1.54) is 0 Å². The summed E-state index contributed by atoms with van der Waals surface area (Å²) in [6, 6.07) is 6.98. The Kier molecular flexibility index (Phi) is 4.07. The Balaban J connectivity index is 2.38. The van der Waals surface area contributed by atoms with Gasteiger partial charge in [-0.2, -0.15) is 0 Å². The van der Waals surface area contributed by atoms with Crippen LogP contribution in [0.2, 0.25) is 0 Å². The monoisotopic (exact) mass is 292 g/mol. The third-order valence-corrected chi connectivity index (χ3v) is 3.10. The van der Waals surface area contributed by atoms with Crippen LogP contribution in [-0.4, -0.2) is 11.0 Å². The maximum absolute atomic E-state index is 13.9. The first-order chi connectivity index (χ1) is 9.92. The molecule has 0 spiro atoms. The summed E-state index contributed by atoms with van der Waals surface area (Å²) in [5.74, 6) is -2.46. The standard InChI is InChI=1S/C15H14F2N2O2/c1-8-3-4-11(5-9(8)2)21-14-12(16)6-10(7-13(14)17)15(18)19-20/h3-7,20H,1-2H3,(H2,18,19). The van der Waals surface area contributed by atoms with Gasteiger partial charge in [0.25, 0.3) is 0 Å². The third kappa shape index (κ3) is 3.10. The molecule has 2 aromatic rings. The van der Waals surface area contributed by atoms with Gasteiger partial charge in [0.1, 0.15) is 5.75 Å². The molecule has 0 atom stereocenters. The van der Waals surface area contributed by atoms with Gasteiger partial charge in [0.2, 0.25) is 0 Å². The van der Waals surface area contributed by atoms with E-state index in [1.807, 2.05) is 13.8 Å². The molecule has 0 aliphatic heterocycles. The number of oxime groups is 1. The molecule has 2 aromatic carbocycles. The van der Waals surface area contributed by atoms with Crippen LogP contribution in [0, 0.1) is 25.5 Å². The van der Waals surface area contributed by atoms with Gasteiger partial charge in [-0.1, -0.05) is 11.2 Å². The summed E-state index contributed by atoms with van der Waals surface area (Å²) in [7, 11) is 0. The van der Waals surface area contributed by atoms with Crippen molar-refractivity contribution in [2.24, 2.45) is 10.9 Å². The van der Waals surface area contributed by atoms with Gasteiger partial charge >= 0.3 is 0 Å². The Hall–Kier alpha value is -2.63. The predicted molar refractivity (Wildman–Crippen MR) is 74.9 cm³/mol. The van der Waals surface area contributed by atoms with Crippen molar-refractivity contribution >= 4 is 5.84 Å². The van der Waals surface area contributed by atoms with Gasteiger partial charge in [-0.05, 0) is 49.2 Å². The normalized spacial score (nSPS) is 11.5. The average molecular weight is 292 g/mol. The fraction of sp³-hybridized carbons (Fsp3) is 0.133. The van der Waals surface area contributed by atoms with Crippen LogP contribution in [0.1, 0.15) is 16.7 Å². The van der Waals surface area contributed by atoms with E-state index >= 15 is 0 Å². The molecule has 0 aromatic heterocycles. The topological polar surface area (TPSA) is 67.8 Å². The van der Waals surface area contributed by atoms with E-state index in [2.05, 4.69) is 5.16 Å². The van der Waals surface area contributed by atoms with Crippen molar-refractivity contribution in [3.8, 4) is 11.5 Å². The van der Waals surface area contributed by atoms with Crippen LogP contribution in [0.25, 0.3) is 0 Å². The minimum atomic E-state index is -0.935. The molecule has 0 saturated carbocycles. The summed E-state index contributed by atoms with van der Waals surface area (Å²) >= 11 is 0. The minimum Gasteiger partial charge on any atom is -0.451 e. The number of halogens is 2. The highest BCUT2D eigenvalue weighted by atomic mass is 19.1. The minimum absolute atomic E-state index is 0.0695. The van der Waals surface area contributed by atoms with Gasteiger partial charge in [-0.25, -0.2) is 8.78 Å². The molecule has 0 saturated heterocycles. The summed E-state index contributed by atoms with van der Waals surface area (Å²) in [6.45, 7) is 3.79. The van der Waals surface area contributed by atoms with Crippen LogP contribution in [-0.2, 0) is 0 Å². The lowest BCUT2D eigenvalue weighted by Crippen LogP contribution is -2.14. The molecular weight excluding hydrogens is 278 g/mol. The molecule has 2 rings (SSSR count). The van der Waals surface area contributed by atoms with E-state index in [0.717, 1.165) is 23.3 Å². The maximum Gasteiger partial charge on any atom is 0.198 e. The molecule has 0 heterocycles. The zero-order valence-corrected chi connectivity index (χ0v) is 11.5. The molecule has 0 aliphatic rings. The van der Waals surface area contributed by atoms with E-state index in [-0.39, 0.29) is 11.4 Å². The lowest BCUT2D eigenvalue weighted by Gasteiger charge is -2.10. The first kappa shape index (κ1) is 14.8. The lowest BCUT2D eigenvalue weighted by atomic mass is 10.1. The predicted octanol–water partition coefficient (Wildman–Crippen LogP) is 3.47. The highest BCUT2D eigenvalue weighted by Gasteiger charge is 2.15. The fourth-order valence-electron chi connectivity index (χ4n) is 1.76. The molecule has 0 unspecified atom stereocenters. The van der Waals surface area contributed by atoms with Crippen LogP contribution in [0.4, 0.5) is 8.78 Å². The quantitative estimate of drug-likeness (QED) is 0.394. The Morgan fingerprint density at radius 3 is 2.24 bits per heavy atom. The van der Waals surface area contributed by atoms with Gasteiger partial charge in [0.15, 0.2) is 23.2 Å². The van der Waals surface area contributed by atoms with Crippen molar-refractivity contribution in [3.63, 3.8) is 0 Å². The highest BCUT2D eigenvalue weighted by molar-refractivity contribution is 5.97. The summed E-state index contributed by atoms with van der Waals surface area (Å²) in [6.07, 6.45) is 0. The van der Waals surface area contributed by atoms with Crippen LogP contribution in [0.3, 0.4) is 0 Å². The van der Waals surface area contributed by atoms with Gasteiger partial charge in [-0.15, -0.1) is 0 Å². The molecule has 0 fully saturated rings. The largest absolute Gasteiger partial charge is 0.451 e. The van der Waals surface area contributed by atoms with Crippen LogP contribution >= 0.6 is 0 Å². The number of aryl methyl sites for hydroxylation is 2. The fourth-order valence-corrected chi connectivity index (χ4v) is 1.76. The Labute approximate surface area is 120 Å². The van der Waals surface area contributed by atoms with E-state index < -0.39 is 17.4 Å². The van der Waals surface area contributed by atoms with E-state index in [4.69, 9.17) is 15.7 Å². The second-order valence-electron chi connectivity index (χ2n) is 4.60. The van der Waals surface area contributed by atoms with Gasteiger partial charge in [0, 0.05) is 5.56 Å². The number of nitrogens with zero attached hydrogens (tertiary/aromatic N) is 1. The first-order valence-electron chi connectivity index (χ1n) is 6.14. The first-order valence-corrected chi connectivity index (χ1v) is 6.14. The van der Waals surface area contributed by atoms with Gasteiger partial charge in [-0.3, -0.25) is 0 Å². The highest BCUT2D eigenvalue weighted by Crippen LogP contribution is 2.29. The molecule has 3 N–H and O–H groups in total. The molecular formula is C15H14F2N2O2. The third-order valence-electron chi connectivity index (χ3n) is 3.10. The number of rotatable bonds is 3. The molecule has 0 amide bonds. The number of hydrogen-bond donors (Lipinski definition) is 2. The van der Waals surface area contributed by atoms with Crippen molar-refractivity contribution in [2.75, 3.05) is 0 Å². The number of nitrogens with two attached hydrogens (primary N) is 1. The van der Waals surface area contributed by atoms with Gasteiger partial charge < -0.3 is 15.7 Å². The molecule has 4 nitrogen and oxygen atoms in total. The van der Waals surface area contributed by atoms with Crippen LogP contribution < -0.4 is 10.5 Å². The smallest absolute Gasteiger partial charge is 0.198 e. The van der Waals surface area contributed by atoms with E-state index in [9.17, 15) is 8.78 Å². The van der Waals surface area contributed by atoms with Crippen LogP contribution in [0.15, 0.2) is 35.5 Å². The molecule has 0 aliphatic carbocycles. The summed E-state index contributed by atoms with van der Waals surface area (Å²) in [4.78, 5) is 0. The van der Waals surface area contributed by atoms with Crippen LogP contribution in [0.5, 0.6) is 11.5 Å². The van der Waals surface area contributed by atoms with Crippen molar-refractivity contribution < 1.29 is 18.7 Å². The molecule has 21 heavy (non-hydrogen) atoms. The number of benzene rings is 2.